The molecular formula is C11H12Cl2N4O2. The number of hydrogen-bond acceptors (Lipinski definition) is 5. The Hall–Kier alpha value is -1.50. The number of aromatic nitrogens is 3. The summed E-state index contributed by atoms with van der Waals surface area (Å²) in [6.07, 6.45) is 1.73. The summed E-state index contributed by atoms with van der Waals surface area (Å²) >= 11 is 11.6. The third-order valence-corrected chi connectivity index (χ3v) is 2.98. The molecule has 0 spiro atoms. The van der Waals surface area contributed by atoms with E-state index in [9.17, 15) is 5.11 Å². The number of halogens is 2. The Morgan fingerprint density at radius 3 is 2.58 bits per heavy atom. The summed E-state index contributed by atoms with van der Waals surface area (Å²) in [6.45, 7) is 0.853. The molecule has 0 saturated carbocycles. The van der Waals surface area contributed by atoms with Gasteiger partial charge in [0.1, 0.15) is 5.69 Å². The van der Waals surface area contributed by atoms with E-state index in [0.717, 1.165) is 0 Å². The minimum atomic E-state index is -0.136. The predicted molar refractivity (Wildman–Crippen MR) is 72.6 cm³/mol. The normalized spacial score (nSPS) is 10.7. The van der Waals surface area contributed by atoms with Crippen LogP contribution in [0.5, 0.6) is 5.75 Å². The highest BCUT2D eigenvalue weighted by Crippen LogP contribution is 2.34. The Kier molecular flexibility index (Phi) is 4.47. The Balaban J connectivity index is 2.01. The van der Waals surface area contributed by atoms with Crippen molar-refractivity contribution in [2.75, 3.05) is 11.9 Å². The van der Waals surface area contributed by atoms with Crippen molar-refractivity contribution in [2.45, 2.75) is 13.1 Å². The molecule has 1 heterocycles. The first-order chi connectivity index (χ1) is 9.10. The molecule has 0 aliphatic rings. The topological polar surface area (TPSA) is 83.2 Å². The van der Waals surface area contributed by atoms with E-state index in [1.54, 1.807) is 23.0 Å². The molecule has 8 heteroatoms. The lowest BCUT2D eigenvalue weighted by Gasteiger charge is -2.07. The Bertz CT molecular complexity index is 551. The van der Waals surface area contributed by atoms with Crippen molar-refractivity contribution in [2.24, 2.45) is 0 Å². The lowest BCUT2D eigenvalue weighted by molar-refractivity contribution is 0.268. The number of nitrogens with zero attached hydrogens (tertiary/aromatic N) is 3. The molecular weight excluding hydrogens is 291 g/mol. The van der Waals surface area contributed by atoms with Crippen LogP contribution in [0.2, 0.25) is 10.0 Å². The summed E-state index contributed by atoms with van der Waals surface area (Å²) < 4.78 is 1.55. The molecule has 0 aliphatic carbocycles. The summed E-state index contributed by atoms with van der Waals surface area (Å²) in [5.41, 5.74) is 1.39. The summed E-state index contributed by atoms with van der Waals surface area (Å²) in [5.74, 6) is -0.136. The van der Waals surface area contributed by atoms with E-state index in [2.05, 4.69) is 15.6 Å². The van der Waals surface area contributed by atoms with Crippen molar-refractivity contribution in [1.82, 2.24) is 15.0 Å². The number of aliphatic hydroxyl groups excluding tert-OH is 1. The van der Waals surface area contributed by atoms with Gasteiger partial charge in [-0.2, -0.15) is 0 Å². The number of anilines is 1. The van der Waals surface area contributed by atoms with Gasteiger partial charge >= 0.3 is 0 Å². The Morgan fingerprint density at radius 1 is 1.26 bits per heavy atom. The van der Waals surface area contributed by atoms with E-state index in [-0.39, 0.29) is 22.4 Å². The lowest BCUT2D eigenvalue weighted by atomic mass is 10.3. The van der Waals surface area contributed by atoms with Gasteiger partial charge in [-0.3, -0.25) is 0 Å². The Labute approximate surface area is 119 Å². The van der Waals surface area contributed by atoms with Crippen LogP contribution in [0.1, 0.15) is 5.69 Å². The van der Waals surface area contributed by atoms with Crippen LogP contribution in [-0.4, -0.2) is 31.8 Å². The second-order valence-electron chi connectivity index (χ2n) is 3.84. The highest BCUT2D eigenvalue weighted by molar-refractivity contribution is 6.37. The molecule has 6 nitrogen and oxygen atoms in total. The van der Waals surface area contributed by atoms with E-state index in [0.29, 0.717) is 24.5 Å². The number of phenols is 1. The number of hydrogen-bond donors (Lipinski definition) is 3. The van der Waals surface area contributed by atoms with Crippen molar-refractivity contribution in [3.8, 4) is 5.75 Å². The molecule has 0 aliphatic heterocycles. The summed E-state index contributed by atoms with van der Waals surface area (Å²) in [7, 11) is 0. The molecule has 0 bridgehead atoms. The van der Waals surface area contributed by atoms with E-state index < -0.39 is 0 Å². The minimum absolute atomic E-state index is 0.0133. The molecule has 0 radical (unpaired) electrons. The average molecular weight is 303 g/mol. The van der Waals surface area contributed by atoms with Crippen LogP contribution in [0.25, 0.3) is 0 Å². The average Bonchev–Trinajstić information content (AvgIpc) is 2.81. The molecule has 1 aromatic carbocycles. The molecule has 19 heavy (non-hydrogen) atoms. The summed E-state index contributed by atoms with van der Waals surface area (Å²) in [4.78, 5) is 0. The fourth-order valence-electron chi connectivity index (χ4n) is 1.49. The SMILES string of the molecule is OCCn1cc(CNc2cc(Cl)c(O)c(Cl)c2)nn1. The van der Waals surface area contributed by atoms with Crippen LogP contribution in [0.4, 0.5) is 5.69 Å². The molecule has 0 atom stereocenters. The van der Waals surface area contributed by atoms with Crippen LogP contribution in [0, 0.1) is 0 Å². The zero-order chi connectivity index (χ0) is 13.8. The maximum absolute atomic E-state index is 9.44. The van der Waals surface area contributed by atoms with E-state index >= 15 is 0 Å². The number of phenolic OH excluding ortho intramolecular Hbond substituents is 1. The van der Waals surface area contributed by atoms with Gasteiger partial charge in [0.15, 0.2) is 5.75 Å². The van der Waals surface area contributed by atoms with Crippen LogP contribution in [-0.2, 0) is 13.1 Å². The van der Waals surface area contributed by atoms with Gasteiger partial charge in [-0.15, -0.1) is 5.10 Å². The van der Waals surface area contributed by atoms with Gasteiger partial charge in [-0.1, -0.05) is 28.4 Å². The first kappa shape index (κ1) is 13.9. The largest absolute Gasteiger partial charge is 0.505 e. The van der Waals surface area contributed by atoms with Crippen LogP contribution in [0.3, 0.4) is 0 Å². The smallest absolute Gasteiger partial charge is 0.152 e. The maximum Gasteiger partial charge on any atom is 0.152 e. The molecule has 0 fully saturated rings. The number of aliphatic hydroxyl groups is 1. The lowest BCUT2D eigenvalue weighted by Crippen LogP contribution is -2.02. The zero-order valence-corrected chi connectivity index (χ0v) is 11.4. The molecule has 3 N–H and O–H groups in total. The van der Waals surface area contributed by atoms with Gasteiger partial charge in [0.2, 0.25) is 0 Å². The number of aromatic hydroxyl groups is 1. The predicted octanol–water partition coefficient (Wildman–Crippen LogP) is 1.89. The van der Waals surface area contributed by atoms with Crippen molar-refractivity contribution in [1.29, 1.82) is 0 Å². The third kappa shape index (κ3) is 3.50. The highest BCUT2D eigenvalue weighted by atomic mass is 35.5. The second kappa shape index (κ2) is 6.10. The Morgan fingerprint density at radius 2 is 1.95 bits per heavy atom. The quantitative estimate of drug-likeness (QED) is 0.735. The number of benzene rings is 1. The third-order valence-electron chi connectivity index (χ3n) is 2.41. The number of rotatable bonds is 5. The van der Waals surface area contributed by atoms with E-state index in [4.69, 9.17) is 28.3 Å². The van der Waals surface area contributed by atoms with Crippen LogP contribution < -0.4 is 5.32 Å². The zero-order valence-electron chi connectivity index (χ0n) is 9.85. The molecule has 2 aromatic rings. The molecule has 1 aromatic heterocycles. The summed E-state index contributed by atoms with van der Waals surface area (Å²) in [5, 5.41) is 29.4. The van der Waals surface area contributed by atoms with Crippen molar-refractivity contribution in [3.05, 3.63) is 34.1 Å². The fraction of sp³-hybridized carbons (Fsp3) is 0.273. The van der Waals surface area contributed by atoms with Gasteiger partial charge < -0.3 is 15.5 Å². The monoisotopic (exact) mass is 302 g/mol. The second-order valence-corrected chi connectivity index (χ2v) is 4.65. The van der Waals surface area contributed by atoms with E-state index in [1.807, 2.05) is 0 Å². The molecule has 0 amide bonds. The van der Waals surface area contributed by atoms with Gasteiger partial charge in [-0.25, -0.2) is 4.68 Å². The van der Waals surface area contributed by atoms with Crippen molar-refractivity contribution >= 4 is 28.9 Å². The van der Waals surface area contributed by atoms with Crippen molar-refractivity contribution in [3.63, 3.8) is 0 Å². The standard InChI is InChI=1S/C11H12Cl2N4O2/c12-9-3-7(4-10(13)11(9)19)14-5-8-6-17(1-2-18)16-15-8/h3-4,6,14,18-19H,1-2,5H2. The fourth-order valence-corrected chi connectivity index (χ4v) is 1.98. The molecule has 2 rings (SSSR count). The number of nitrogens with one attached hydrogen (secondary N) is 1. The van der Waals surface area contributed by atoms with Crippen molar-refractivity contribution < 1.29 is 10.2 Å². The van der Waals surface area contributed by atoms with Gasteiger partial charge in [0.05, 0.1) is 35.9 Å². The van der Waals surface area contributed by atoms with Crippen LogP contribution >= 0.6 is 23.2 Å². The van der Waals surface area contributed by atoms with Crippen LogP contribution in [0.15, 0.2) is 18.3 Å². The maximum atomic E-state index is 9.44. The van der Waals surface area contributed by atoms with Gasteiger partial charge in [0, 0.05) is 5.69 Å². The van der Waals surface area contributed by atoms with E-state index in [1.165, 1.54) is 0 Å². The first-order valence-corrected chi connectivity index (χ1v) is 6.27. The summed E-state index contributed by atoms with van der Waals surface area (Å²) in [6, 6.07) is 3.14. The molecule has 0 unspecified atom stereocenters. The first-order valence-electron chi connectivity index (χ1n) is 5.52. The highest BCUT2D eigenvalue weighted by Gasteiger charge is 2.07. The minimum Gasteiger partial charge on any atom is -0.505 e. The van der Waals surface area contributed by atoms with Gasteiger partial charge in [0.25, 0.3) is 0 Å². The molecule has 102 valence electrons. The molecule has 0 saturated heterocycles. The van der Waals surface area contributed by atoms with Gasteiger partial charge in [-0.05, 0) is 12.1 Å².